The molecule has 2 aromatic carbocycles. The Morgan fingerprint density at radius 1 is 0.841 bits per heavy atom. The number of aryl methyl sites for hydroxylation is 1. The standard InChI is InChI=1S/C29H27F8NO5S/c30-20-7-9-21(10-8-20)44(42,43)26-13-14-38(24(39)16-1-3-17(4-2-16)25(40)41)23(26)12-5-18-15-19(6-11-22(18)26)27(31,28(32,33)34)29(35,36)37/h6-11,15-17,23H,1-5,12-14H2,(H,40,41)/t16?,17?,23-,26-/m0/s1. The van der Waals surface area contributed by atoms with E-state index in [-0.39, 0.29) is 73.6 Å². The molecule has 44 heavy (non-hydrogen) atoms. The van der Waals surface area contributed by atoms with Gasteiger partial charge in [-0.3, -0.25) is 9.59 Å². The lowest BCUT2D eigenvalue weighted by molar-refractivity contribution is -0.348. The van der Waals surface area contributed by atoms with Gasteiger partial charge in [0.25, 0.3) is 0 Å². The van der Waals surface area contributed by atoms with Crippen LogP contribution < -0.4 is 0 Å². The Labute approximate surface area is 247 Å². The van der Waals surface area contributed by atoms with Crippen LogP contribution in [0.15, 0.2) is 47.4 Å². The summed E-state index contributed by atoms with van der Waals surface area (Å²) in [6.07, 6.45) is -12.5. The van der Waals surface area contributed by atoms with Crippen LogP contribution in [0.4, 0.5) is 35.1 Å². The Kier molecular flexibility index (Phi) is 7.82. The number of fused-ring (bicyclic) bond motifs is 3. The maximum absolute atomic E-state index is 15.0. The molecular weight excluding hydrogens is 626 g/mol. The van der Waals surface area contributed by atoms with Gasteiger partial charge < -0.3 is 10.0 Å². The van der Waals surface area contributed by atoms with Crippen molar-refractivity contribution in [1.82, 2.24) is 4.90 Å². The minimum Gasteiger partial charge on any atom is -0.481 e. The van der Waals surface area contributed by atoms with Gasteiger partial charge in [0.1, 0.15) is 10.6 Å². The average molecular weight is 654 g/mol. The first-order chi connectivity index (χ1) is 20.4. The second-order valence-electron chi connectivity index (χ2n) is 11.6. The number of hydrogen-bond acceptors (Lipinski definition) is 4. The summed E-state index contributed by atoms with van der Waals surface area (Å²) in [6.45, 7) is -0.123. The third kappa shape index (κ3) is 4.76. The molecule has 2 aromatic rings. The van der Waals surface area contributed by atoms with Crippen LogP contribution in [0.1, 0.15) is 55.2 Å². The zero-order valence-corrected chi connectivity index (χ0v) is 23.7. The highest BCUT2D eigenvalue weighted by molar-refractivity contribution is 7.92. The molecule has 1 saturated heterocycles. The number of rotatable bonds is 5. The number of amides is 1. The number of sulfone groups is 1. The maximum Gasteiger partial charge on any atom is 0.435 e. The number of benzene rings is 2. The van der Waals surface area contributed by atoms with E-state index in [0.29, 0.717) is 6.07 Å². The van der Waals surface area contributed by atoms with Crippen LogP contribution in [0.25, 0.3) is 0 Å². The summed E-state index contributed by atoms with van der Waals surface area (Å²) in [7, 11) is -4.59. The fourth-order valence-electron chi connectivity index (χ4n) is 7.14. The first-order valence-corrected chi connectivity index (χ1v) is 15.3. The van der Waals surface area contributed by atoms with Gasteiger partial charge in [0.05, 0.1) is 16.9 Å². The van der Waals surface area contributed by atoms with Crippen molar-refractivity contribution >= 4 is 21.7 Å². The zero-order chi connectivity index (χ0) is 32.5. The summed E-state index contributed by atoms with van der Waals surface area (Å²) < 4.78 is 137. The minimum absolute atomic E-state index is 0.123. The van der Waals surface area contributed by atoms with Crippen molar-refractivity contribution in [1.29, 1.82) is 0 Å². The lowest BCUT2D eigenvalue weighted by atomic mass is 9.76. The molecule has 1 saturated carbocycles. The Balaban J connectivity index is 1.62. The fraction of sp³-hybridized carbons (Fsp3) is 0.517. The number of carboxylic acid groups (broad SMARTS) is 1. The number of carbonyl (C=O) groups excluding carboxylic acids is 1. The smallest absolute Gasteiger partial charge is 0.435 e. The summed E-state index contributed by atoms with van der Waals surface area (Å²) in [5.74, 6) is -3.40. The average Bonchev–Trinajstić information content (AvgIpc) is 3.37. The van der Waals surface area contributed by atoms with E-state index < -0.39 is 73.7 Å². The van der Waals surface area contributed by atoms with Crippen LogP contribution in [0.2, 0.25) is 0 Å². The van der Waals surface area contributed by atoms with Crippen LogP contribution >= 0.6 is 0 Å². The summed E-state index contributed by atoms with van der Waals surface area (Å²) >= 11 is 0. The Morgan fingerprint density at radius 3 is 1.95 bits per heavy atom. The van der Waals surface area contributed by atoms with Gasteiger partial charge in [-0.05, 0) is 80.3 Å². The van der Waals surface area contributed by atoms with E-state index in [2.05, 4.69) is 0 Å². The fourth-order valence-corrected chi connectivity index (χ4v) is 9.51. The molecule has 2 atom stereocenters. The quantitative estimate of drug-likeness (QED) is 0.306. The zero-order valence-electron chi connectivity index (χ0n) is 22.9. The maximum atomic E-state index is 15.0. The van der Waals surface area contributed by atoms with Gasteiger partial charge in [-0.15, -0.1) is 0 Å². The van der Waals surface area contributed by atoms with Crippen molar-refractivity contribution in [2.45, 2.75) is 78.7 Å². The van der Waals surface area contributed by atoms with Crippen molar-refractivity contribution in [2.24, 2.45) is 11.8 Å². The molecule has 2 fully saturated rings. The molecule has 240 valence electrons. The van der Waals surface area contributed by atoms with Crippen molar-refractivity contribution in [2.75, 3.05) is 6.54 Å². The molecule has 1 N–H and O–H groups in total. The van der Waals surface area contributed by atoms with E-state index in [9.17, 15) is 58.2 Å². The topological polar surface area (TPSA) is 91.8 Å². The van der Waals surface area contributed by atoms with Crippen LogP contribution in [0, 0.1) is 17.7 Å². The molecule has 1 amide bonds. The minimum atomic E-state index is -6.37. The Hall–Kier alpha value is -3.23. The SMILES string of the molecule is O=C(O)C1CCC(C(=O)N2CC[C@]3(S(=O)(=O)c4ccc(F)cc4)c4ccc(C(F)(C(F)(F)F)C(F)(F)F)cc4CC[C@H]23)CC1. The number of hydrogen-bond donors (Lipinski definition) is 1. The molecule has 6 nitrogen and oxygen atoms in total. The third-order valence-electron chi connectivity index (χ3n) is 9.38. The van der Waals surface area contributed by atoms with E-state index in [1.165, 1.54) is 4.90 Å². The van der Waals surface area contributed by atoms with E-state index in [4.69, 9.17) is 0 Å². The molecule has 15 heteroatoms. The highest BCUT2D eigenvalue weighted by Gasteiger charge is 2.74. The van der Waals surface area contributed by atoms with E-state index in [1.807, 2.05) is 0 Å². The van der Waals surface area contributed by atoms with Crippen LogP contribution in [0.5, 0.6) is 0 Å². The summed E-state index contributed by atoms with van der Waals surface area (Å²) in [5.41, 5.74) is -7.86. The second kappa shape index (κ2) is 10.7. The van der Waals surface area contributed by atoms with Gasteiger partial charge in [-0.25, -0.2) is 17.2 Å². The van der Waals surface area contributed by atoms with E-state index in [0.717, 1.165) is 30.3 Å². The van der Waals surface area contributed by atoms with Crippen LogP contribution in [-0.4, -0.2) is 55.2 Å². The van der Waals surface area contributed by atoms with Crippen LogP contribution in [-0.2, 0) is 36.3 Å². The summed E-state index contributed by atoms with van der Waals surface area (Å²) in [4.78, 5) is 26.1. The predicted octanol–water partition coefficient (Wildman–Crippen LogP) is 6.22. The molecule has 1 heterocycles. The molecular formula is C29H27F8NO5S. The van der Waals surface area contributed by atoms with Crippen molar-refractivity contribution in [3.63, 3.8) is 0 Å². The molecule has 0 bridgehead atoms. The van der Waals surface area contributed by atoms with Gasteiger partial charge in [0, 0.05) is 18.0 Å². The van der Waals surface area contributed by atoms with Crippen molar-refractivity contribution in [3.05, 3.63) is 65.0 Å². The first-order valence-electron chi connectivity index (χ1n) is 13.9. The predicted molar refractivity (Wildman–Crippen MR) is 138 cm³/mol. The highest BCUT2D eigenvalue weighted by Crippen LogP contribution is 2.57. The van der Waals surface area contributed by atoms with Gasteiger partial charge in [-0.2, -0.15) is 26.3 Å². The number of alkyl halides is 7. The second-order valence-corrected chi connectivity index (χ2v) is 13.8. The molecule has 0 unspecified atom stereocenters. The molecule has 1 aliphatic heterocycles. The van der Waals surface area contributed by atoms with E-state index >= 15 is 0 Å². The largest absolute Gasteiger partial charge is 0.481 e. The number of nitrogens with zero attached hydrogens (tertiary/aromatic N) is 1. The van der Waals surface area contributed by atoms with Gasteiger partial charge >= 0.3 is 24.0 Å². The van der Waals surface area contributed by atoms with Gasteiger partial charge in [0.15, 0.2) is 9.84 Å². The molecule has 2 aliphatic carbocycles. The van der Waals surface area contributed by atoms with Crippen molar-refractivity contribution < 1.29 is 58.2 Å². The number of likely N-dealkylation sites (tertiary alicyclic amines) is 1. The Bertz CT molecular complexity index is 1550. The number of halogens is 8. The lowest BCUT2D eigenvalue weighted by Gasteiger charge is -2.44. The molecule has 0 radical (unpaired) electrons. The lowest BCUT2D eigenvalue weighted by Crippen LogP contribution is -2.53. The summed E-state index contributed by atoms with van der Waals surface area (Å²) in [6, 6.07) is 4.07. The van der Waals surface area contributed by atoms with Crippen LogP contribution in [0.3, 0.4) is 0 Å². The van der Waals surface area contributed by atoms with Gasteiger partial charge in [0.2, 0.25) is 5.91 Å². The van der Waals surface area contributed by atoms with Gasteiger partial charge in [-0.1, -0.05) is 18.2 Å². The first kappa shape index (κ1) is 32.2. The van der Waals surface area contributed by atoms with E-state index in [1.54, 1.807) is 0 Å². The Morgan fingerprint density at radius 2 is 1.41 bits per heavy atom. The number of carboxylic acids is 1. The van der Waals surface area contributed by atoms with Crippen molar-refractivity contribution in [3.8, 4) is 0 Å². The highest BCUT2D eigenvalue weighted by atomic mass is 32.2. The molecule has 5 rings (SSSR count). The molecule has 0 spiro atoms. The number of aliphatic carboxylic acids is 1. The molecule has 0 aromatic heterocycles. The number of carbonyl (C=O) groups is 2. The normalized spacial score (nSPS) is 26.2. The monoisotopic (exact) mass is 653 g/mol. The molecule has 3 aliphatic rings. The summed E-state index contributed by atoms with van der Waals surface area (Å²) in [5, 5.41) is 9.30. The third-order valence-corrected chi connectivity index (χ3v) is 11.9.